The van der Waals surface area contributed by atoms with Crippen LogP contribution < -0.4 is 5.32 Å². The Morgan fingerprint density at radius 1 is 1.12 bits per heavy atom. The Bertz CT molecular complexity index is 888. The molecule has 0 amide bonds. The van der Waals surface area contributed by atoms with Crippen molar-refractivity contribution in [3.63, 3.8) is 0 Å². The molecule has 6 nitrogen and oxygen atoms in total. The average Bonchev–Trinajstić information content (AvgIpc) is 2.53. The normalized spacial score (nSPS) is 13.2. The standard InChI is InChI=1S/C19H24N2O4S/c1-19(2,3)18(12-14-8-6-5-7-9-14)20-16-11-10-15(26(4,24)25)13-17(16)21(22)23/h5-11,13,18,20H,12H2,1-4H3/t18-/m1/s1. The molecule has 140 valence electrons. The predicted octanol–water partition coefficient (Wildman–Crippen LogP) is 4.07. The molecule has 2 rings (SSSR count). The Morgan fingerprint density at radius 2 is 1.73 bits per heavy atom. The van der Waals surface area contributed by atoms with E-state index in [2.05, 4.69) is 26.1 Å². The fraction of sp³-hybridized carbons (Fsp3) is 0.368. The number of benzene rings is 2. The summed E-state index contributed by atoms with van der Waals surface area (Å²) in [6.07, 6.45) is 1.72. The molecule has 0 aromatic heterocycles. The number of anilines is 1. The van der Waals surface area contributed by atoms with Gasteiger partial charge >= 0.3 is 0 Å². The van der Waals surface area contributed by atoms with Crippen LogP contribution in [0.25, 0.3) is 0 Å². The third-order valence-electron chi connectivity index (χ3n) is 4.25. The predicted molar refractivity (Wildman–Crippen MR) is 103 cm³/mol. The van der Waals surface area contributed by atoms with E-state index >= 15 is 0 Å². The van der Waals surface area contributed by atoms with E-state index in [1.54, 1.807) is 0 Å². The lowest BCUT2D eigenvalue weighted by Gasteiger charge is -2.32. The highest BCUT2D eigenvalue weighted by Gasteiger charge is 2.28. The SMILES string of the molecule is CC(C)(C)[C@@H](Cc1ccccc1)Nc1ccc(S(C)(=O)=O)cc1[N+](=O)[O-]. The van der Waals surface area contributed by atoms with Gasteiger partial charge in [0.2, 0.25) is 0 Å². The number of nitro groups is 1. The summed E-state index contributed by atoms with van der Waals surface area (Å²) < 4.78 is 23.4. The largest absolute Gasteiger partial charge is 0.376 e. The summed E-state index contributed by atoms with van der Waals surface area (Å²) in [5, 5.41) is 14.7. The molecule has 0 unspecified atom stereocenters. The lowest BCUT2D eigenvalue weighted by molar-refractivity contribution is -0.384. The number of hydrogen-bond acceptors (Lipinski definition) is 5. The molecule has 26 heavy (non-hydrogen) atoms. The zero-order valence-electron chi connectivity index (χ0n) is 15.4. The first-order chi connectivity index (χ1) is 12.0. The summed E-state index contributed by atoms with van der Waals surface area (Å²) in [5.41, 5.74) is 1.03. The van der Waals surface area contributed by atoms with E-state index in [1.165, 1.54) is 12.1 Å². The highest BCUT2D eigenvalue weighted by molar-refractivity contribution is 7.90. The maximum absolute atomic E-state index is 11.7. The van der Waals surface area contributed by atoms with Crippen LogP contribution in [0.4, 0.5) is 11.4 Å². The lowest BCUT2D eigenvalue weighted by Crippen LogP contribution is -2.36. The molecular weight excluding hydrogens is 352 g/mol. The van der Waals surface area contributed by atoms with Crippen molar-refractivity contribution in [1.82, 2.24) is 0 Å². The third kappa shape index (κ3) is 5.05. The molecule has 0 aliphatic rings. The zero-order chi connectivity index (χ0) is 19.5. The molecule has 0 heterocycles. The van der Waals surface area contributed by atoms with Crippen LogP contribution in [0.15, 0.2) is 53.4 Å². The molecule has 1 atom stereocenters. The van der Waals surface area contributed by atoms with E-state index in [9.17, 15) is 18.5 Å². The first-order valence-corrected chi connectivity index (χ1v) is 10.2. The minimum atomic E-state index is -3.51. The van der Waals surface area contributed by atoms with Crippen LogP contribution in [-0.4, -0.2) is 25.6 Å². The van der Waals surface area contributed by atoms with Crippen molar-refractivity contribution in [2.45, 2.75) is 38.1 Å². The molecule has 0 aliphatic heterocycles. The maximum Gasteiger partial charge on any atom is 0.293 e. The van der Waals surface area contributed by atoms with Crippen molar-refractivity contribution < 1.29 is 13.3 Å². The smallest absolute Gasteiger partial charge is 0.293 e. The molecule has 2 aromatic carbocycles. The monoisotopic (exact) mass is 376 g/mol. The van der Waals surface area contributed by atoms with Crippen molar-refractivity contribution in [1.29, 1.82) is 0 Å². The van der Waals surface area contributed by atoms with Crippen molar-refractivity contribution in [2.75, 3.05) is 11.6 Å². The Labute approximate surface area is 154 Å². The lowest BCUT2D eigenvalue weighted by atomic mass is 9.83. The number of rotatable bonds is 6. The first-order valence-electron chi connectivity index (χ1n) is 8.27. The van der Waals surface area contributed by atoms with Gasteiger partial charge in [0.05, 0.1) is 9.82 Å². The average molecular weight is 376 g/mol. The van der Waals surface area contributed by atoms with Gasteiger partial charge in [0.25, 0.3) is 5.69 Å². The molecular formula is C19H24N2O4S. The van der Waals surface area contributed by atoms with Gasteiger partial charge < -0.3 is 5.32 Å². The number of nitro benzene ring substituents is 1. The van der Waals surface area contributed by atoms with Gasteiger partial charge in [-0.05, 0) is 29.5 Å². The fourth-order valence-corrected chi connectivity index (χ4v) is 3.27. The molecule has 2 aromatic rings. The fourth-order valence-electron chi connectivity index (χ4n) is 2.63. The minimum absolute atomic E-state index is 0.0647. The Hall–Kier alpha value is -2.41. The first kappa shape index (κ1) is 19.9. The summed E-state index contributed by atoms with van der Waals surface area (Å²) in [4.78, 5) is 10.8. The molecule has 0 saturated carbocycles. The summed E-state index contributed by atoms with van der Waals surface area (Å²) in [6.45, 7) is 6.18. The van der Waals surface area contributed by atoms with Gasteiger partial charge in [-0.2, -0.15) is 0 Å². The van der Waals surface area contributed by atoms with Gasteiger partial charge in [-0.25, -0.2) is 8.42 Å². The van der Waals surface area contributed by atoms with Crippen LogP contribution in [0.5, 0.6) is 0 Å². The molecule has 7 heteroatoms. The van der Waals surface area contributed by atoms with Crippen LogP contribution in [0.2, 0.25) is 0 Å². The van der Waals surface area contributed by atoms with E-state index in [1.807, 2.05) is 30.3 Å². The van der Waals surface area contributed by atoms with E-state index in [-0.39, 0.29) is 22.0 Å². The molecule has 1 N–H and O–H groups in total. The Kier molecular flexibility index (Phi) is 5.71. The summed E-state index contributed by atoms with van der Waals surface area (Å²) >= 11 is 0. The molecule has 0 bridgehead atoms. The van der Waals surface area contributed by atoms with Crippen molar-refractivity contribution in [3.05, 3.63) is 64.2 Å². The van der Waals surface area contributed by atoms with Crippen LogP contribution in [0, 0.1) is 15.5 Å². The van der Waals surface area contributed by atoms with Crippen LogP contribution in [-0.2, 0) is 16.3 Å². The molecule has 0 aliphatic carbocycles. The van der Waals surface area contributed by atoms with E-state index in [4.69, 9.17) is 0 Å². The highest BCUT2D eigenvalue weighted by Crippen LogP contribution is 2.32. The summed E-state index contributed by atoms with van der Waals surface area (Å²) in [5.74, 6) is 0. The Morgan fingerprint density at radius 3 is 2.23 bits per heavy atom. The summed E-state index contributed by atoms with van der Waals surface area (Å²) in [7, 11) is -3.51. The zero-order valence-corrected chi connectivity index (χ0v) is 16.2. The van der Waals surface area contributed by atoms with Crippen molar-refractivity contribution >= 4 is 21.2 Å². The van der Waals surface area contributed by atoms with E-state index in [0.29, 0.717) is 12.1 Å². The van der Waals surface area contributed by atoms with Crippen LogP contribution >= 0.6 is 0 Å². The number of nitrogens with one attached hydrogen (secondary N) is 1. The van der Waals surface area contributed by atoms with E-state index in [0.717, 1.165) is 17.9 Å². The van der Waals surface area contributed by atoms with Crippen LogP contribution in [0.3, 0.4) is 0 Å². The van der Waals surface area contributed by atoms with Gasteiger partial charge in [0.1, 0.15) is 5.69 Å². The minimum Gasteiger partial charge on any atom is -0.376 e. The van der Waals surface area contributed by atoms with Crippen molar-refractivity contribution in [3.8, 4) is 0 Å². The van der Waals surface area contributed by atoms with E-state index < -0.39 is 14.8 Å². The molecule has 0 saturated heterocycles. The van der Waals surface area contributed by atoms with Gasteiger partial charge in [-0.3, -0.25) is 10.1 Å². The molecule has 0 spiro atoms. The second-order valence-electron chi connectivity index (χ2n) is 7.46. The van der Waals surface area contributed by atoms with Crippen molar-refractivity contribution in [2.24, 2.45) is 5.41 Å². The second-order valence-corrected chi connectivity index (χ2v) is 9.48. The maximum atomic E-state index is 11.7. The Balaban J connectivity index is 2.40. The van der Waals surface area contributed by atoms with Gasteiger partial charge in [0.15, 0.2) is 9.84 Å². The van der Waals surface area contributed by atoms with Gasteiger partial charge in [0, 0.05) is 18.4 Å². The molecule has 0 fully saturated rings. The topological polar surface area (TPSA) is 89.3 Å². The third-order valence-corrected chi connectivity index (χ3v) is 5.36. The number of sulfone groups is 1. The quantitative estimate of drug-likeness (QED) is 0.606. The number of nitrogens with zero attached hydrogens (tertiary/aromatic N) is 1. The summed E-state index contributed by atoms with van der Waals surface area (Å²) in [6, 6.07) is 13.8. The van der Waals surface area contributed by atoms with Crippen LogP contribution in [0.1, 0.15) is 26.3 Å². The highest BCUT2D eigenvalue weighted by atomic mass is 32.2. The second kappa shape index (κ2) is 7.45. The van der Waals surface area contributed by atoms with Gasteiger partial charge in [-0.1, -0.05) is 51.1 Å². The number of hydrogen-bond donors (Lipinski definition) is 1. The van der Waals surface area contributed by atoms with Gasteiger partial charge in [-0.15, -0.1) is 0 Å². The molecule has 0 radical (unpaired) electrons.